The predicted octanol–water partition coefficient (Wildman–Crippen LogP) is 1.43. The molecule has 0 amide bonds. The number of methoxy groups -OCH3 is 1. The van der Waals surface area contributed by atoms with Gasteiger partial charge in [0.25, 0.3) is 0 Å². The van der Waals surface area contributed by atoms with Crippen LogP contribution in [0.15, 0.2) is 12.3 Å². The molecule has 1 rings (SSSR count). The summed E-state index contributed by atoms with van der Waals surface area (Å²) in [5.41, 5.74) is 5.20. The Morgan fingerprint density at radius 1 is 1.57 bits per heavy atom. The van der Waals surface area contributed by atoms with Gasteiger partial charge in [0.05, 0.1) is 19.0 Å². The van der Waals surface area contributed by atoms with Crippen molar-refractivity contribution in [3.8, 4) is 0 Å². The van der Waals surface area contributed by atoms with E-state index in [4.69, 9.17) is 5.73 Å². The lowest BCUT2D eigenvalue weighted by Crippen LogP contribution is -2.08. The Morgan fingerprint density at radius 3 is 2.57 bits per heavy atom. The molecule has 2 N–H and O–H groups in total. The van der Waals surface area contributed by atoms with Gasteiger partial charge in [0.1, 0.15) is 5.82 Å². The van der Waals surface area contributed by atoms with Crippen molar-refractivity contribution in [1.82, 2.24) is 4.98 Å². The molecule has 0 unspecified atom stereocenters. The van der Waals surface area contributed by atoms with Crippen LogP contribution >= 0.6 is 24.8 Å². The molecule has 0 aliphatic heterocycles. The summed E-state index contributed by atoms with van der Waals surface area (Å²) >= 11 is 0. The molecule has 0 spiro atoms. The number of rotatable bonds is 1. The van der Waals surface area contributed by atoms with Gasteiger partial charge in [-0.2, -0.15) is 0 Å². The summed E-state index contributed by atoms with van der Waals surface area (Å²) in [6.45, 7) is 0. The molecule has 0 atom stereocenters. The molecule has 14 heavy (non-hydrogen) atoms. The Kier molecular flexibility index (Phi) is 7.04. The van der Waals surface area contributed by atoms with Crippen LogP contribution in [-0.4, -0.2) is 18.1 Å². The fraction of sp³-hybridized carbons (Fsp3) is 0.143. The van der Waals surface area contributed by atoms with Crippen LogP contribution in [0, 0.1) is 5.82 Å². The van der Waals surface area contributed by atoms with E-state index in [0.29, 0.717) is 0 Å². The van der Waals surface area contributed by atoms with E-state index in [1.54, 1.807) is 0 Å². The van der Waals surface area contributed by atoms with Gasteiger partial charge in [-0.25, -0.2) is 14.2 Å². The molecule has 0 fully saturated rings. The average molecular weight is 243 g/mol. The molecule has 7 heteroatoms. The van der Waals surface area contributed by atoms with Crippen LogP contribution in [0.25, 0.3) is 0 Å². The SMILES string of the molecule is COC(=O)c1ncc(F)cc1N.Cl.Cl. The lowest BCUT2D eigenvalue weighted by atomic mass is 10.3. The van der Waals surface area contributed by atoms with Gasteiger partial charge in [0.2, 0.25) is 0 Å². The van der Waals surface area contributed by atoms with Gasteiger partial charge in [-0.1, -0.05) is 0 Å². The largest absolute Gasteiger partial charge is 0.464 e. The molecular formula is C7H9Cl2FN2O2. The van der Waals surface area contributed by atoms with Crippen molar-refractivity contribution >= 4 is 36.5 Å². The lowest BCUT2D eigenvalue weighted by molar-refractivity contribution is 0.0595. The number of nitrogens with zero attached hydrogens (tertiary/aromatic N) is 1. The number of ether oxygens (including phenoxy) is 1. The molecule has 1 aromatic rings. The molecule has 0 bridgehead atoms. The third-order valence-electron chi connectivity index (χ3n) is 1.26. The number of anilines is 1. The monoisotopic (exact) mass is 242 g/mol. The first-order chi connectivity index (χ1) is 5.65. The number of esters is 1. The topological polar surface area (TPSA) is 65.2 Å². The second kappa shape index (κ2) is 6.39. The minimum absolute atomic E-state index is 0. The second-order valence-electron chi connectivity index (χ2n) is 2.08. The summed E-state index contributed by atoms with van der Waals surface area (Å²) in [7, 11) is 1.20. The maximum atomic E-state index is 12.4. The van der Waals surface area contributed by atoms with Gasteiger partial charge in [0.15, 0.2) is 5.69 Å². The van der Waals surface area contributed by atoms with Gasteiger partial charge in [0, 0.05) is 6.07 Å². The molecule has 80 valence electrons. The number of hydrogen-bond acceptors (Lipinski definition) is 4. The van der Waals surface area contributed by atoms with Crippen LogP contribution in [0.5, 0.6) is 0 Å². The van der Waals surface area contributed by atoms with Crippen LogP contribution in [0.1, 0.15) is 10.5 Å². The van der Waals surface area contributed by atoms with Gasteiger partial charge in [-0.15, -0.1) is 24.8 Å². The molecule has 4 nitrogen and oxygen atoms in total. The van der Waals surface area contributed by atoms with Crippen molar-refractivity contribution in [2.45, 2.75) is 0 Å². The summed E-state index contributed by atoms with van der Waals surface area (Å²) in [4.78, 5) is 14.3. The highest BCUT2D eigenvalue weighted by atomic mass is 35.5. The first-order valence-corrected chi connectivity index (χ1v) is 3.14. The van der Waals surface area contributed by atoms with E-state index in [-0.39, 0.29) is 36.2 Å². The number of pyridine rings is 1. The highest BCUT2D eigenvalue weighted by molar-refractivity contribution is 5.92. The summed E-state index contributed by atoms with van der Waals surface area (Å²) in [5.74, 6) is -1.26. The molecule has 0 aromatic carbocycles. The quantitative estimate of drug-likeness (QED) is 0.758. The minimum Gasteiger partial charge on any atom is -0.464 e. The number of hydrogen-bond donors (Lipinski definition) is 1. The zero-order valence-corrected chi connectivity index (χ0v) is 8.82. The molecule has 0 saturated heterocycles. The Hall–Kier alpha value is -1.07. The number of carbonyl (C=O) groups is 1. The zero-order valence-electron chi connectivity index (χ0n) is 7.19. The number of aromatic nitrogens is 1. The van der Waals surface area contributed by atoms with Crippen LogP contribution in [0.2, 0.25) is 0 Å². The molecule has 1 aromatic heterocycles. The van der Waals surface area contributed by atoms with Gasteiger partial charge in [-0.3, -0.25) is 0 Å². The summed E-state index contributed by atoms with van der Waals surface area (Å²) < 4.78 is 16.8. The van der Waals surface area contributed by atoms with E-state index in [2.05, 4.69) is 9.72 Å². The Labute approximate surface area is 92.5 Å². The fourth-order valence-corrected chi connectivity index (χ4v) is 0.722. The Balaban J connectivity index is 0. The lowest BCUT2D eigenvalue weighted by Gasteiger charge is -2.00. The standard InChI is InChI=1S/C7H7FN2O2.2ClH/c1-12-7(11)6-5(9)2-4(8)3-10-6;;/h2-3H,9H2,1H3;2*1H. The molecule has 0 radical (unpaired) electrons. The maximum absolute atomic E-state index is 12.4. The van der Waals surface area contributed by atoms with Crippen molar-refractivity contribution in [2.24, 2.45) is 0 Å². The molecular weight excluding hydrogens is 234 g/mol. The van der Waals surface area contributed by atoms with Crippen LogP contribution in [0.4, 0.5) is 10.1 Å². The third-order valence-corrected chi connectivity index (χ3v) is 1.26. The van der Waals surface area contributed by atoms with E-state index in [9.17, 15) is 9.18 Å². The van der Waals surface area contributed by atoms with Gasteiger partial charge < -0.3 is 10.5 Å². The highest BCUT2D eigenvalue weighted by Crippen LogP contribution is 2.10. The Morgan fingerprint density at radius 2 is 2.14 bits per heavy atom. The van der Waals surface area contributed by atoms with Gasteiger partial charge in [-0.05, 0) is 0 Å². The summed E-state index contributed by atoms with van der Waals surface area (Å²) in [5, 5.41) is 0. The first-order valence-electron chi connectivity index (χ1n) is 3.14. The second-order valence-corrected chi connectivity index (χ2v) is 2.08. The minimum atomic E-state index is -0.674. The van der Waals surface area contributed by atoms with Crippen LogP contribution in [-0.2, 0) is 4.74 Å². The number of halogens is 3. The van der Waals surface area contributed by atoms with Crippen molar-refractivity contribution < 1.29 is 13.9 Å². The smallest absolute Gasteiger partial charge is 0.358 e. The van der Waals surface area contributed by atoms with Crippen molar-refractivity contribution in [3.63, 3.8) is 0 Å². The fourth-order valence-electron chi connectivity index (χ4n) is 0.722. The van der Waals surface area contributed by atoms with E-state index in [1.165, 1.54) is 7.11 Å². The maximum Gasteiger partial charge on any atom is 0.358 e. The average Bonchev–Trinajstić information content (AvgIpc) is 2.03. The van der Waals surface area contributed by atoms with Gasteiger partial charge >= 0.3 is 5.97 Å². The van der Waals surface area contributed by atoms with E-state index >= 15 is 0 Å². The van der Waals surface area contributed by atoms with Crippen molar-refractivity contribution in [3.05, 3.63) is 23.8 Å². The van der Waals surface area contributed by atoms with Crippen molar-refractivity contribution in [2.75, 3.05) is 12.8 Å². The zero-order chi connectivity index (χ0) is 9.14. The first kappa shape index (κ1) is 15.4. The highest BCUT2D eigenvalue weighted by Gasteiger charge is 2.11. The summed E-state index contributed by atoms with van der Waals surface area (Å²) in [6, 6.07) is 1.01. The Bertz CT molecular complexity index is 323. The summed E-state index contributed by atoms with van der Waals surface area (Å²) in [6.07, 6.45) is 0.905. The van der Waals surface area contributed by atoms with E-state index in [0.717, 1.165) is 12.3 Å². The number of nitrogens with two attached hydrogens (primary N) is 1. The van der Waals surface area contributed by atoms with E-state index in [1.807, 2.05) is 0 Å². The van der Waals surface area contributed by atoms with E-state index < -0.39 is 11.8 Å². The molecule has 0 saturated carbocycles. The normalized spacial score (nSPS) is 8.14. The predicted molar refractivity (Wildman–Crippen MR) is 54.4 cm³/mol. The number of nitrogen functional groups attached to an aromatic ring is 1. The number of carbonyl (C=O) groups excluding carboxylic acids is 1. The molecule has 1 heterocycles. The molecule has 0 aliphatic carbocycles. The van der Waals surface area contributed by atoms with Crippen molar-refractivity contribution in [1.29, 1.82) is 0 Å². The third kappa shape index (κ3) is 3.35. The molecule has 0 aliphatic rings. The van der Waals surface area contributed by atoms with Crippen LogP contribution in [0.3, 0.4) is 0 Å². The van der Waals surface area contributed by atoms with Crippen LogP contribution < -0.4 is 5.73 Å².